The molecule has 0 bridgehead atoms. The van der Waals surface area contributed by atoms with Gasteiger partial charge in [0.1, 0.15) is 0 Å². The van der Waals surface area contributed by atoms with Crippen molar-refractivity contribution in [2.75, 3.05) is 13.1 Å². The molecule has 0 aromatic carbocycles. The van der Waals surface area contributed by atoms with E-state index in [-0.39, 0.29) is 6.04 Å². The molecule has 3 heteroatoms. The molecular formula is C7H17N3. The highest BCUT2D eigenvalue weighted by atomic mass is 14.6. The first kappa shape index (κ1) is 9.62. The van der Waals surface area contributed by atoms with Crippen molar-refractivity contribution < 1.29 is 0 Å². The van der Waals surface area contributed by atoms with Crippen LogP contribution in [0.1, 0.15) is 12.8 Å². The zero-order valence-electron chi connectivity index (χ0n) is 6.29. The van der Waals surface area contributed by atoms with Gasteiger partial charge in [-0.05, 0) is 19.4 Å². The van der Waals surface area contributed by atoms with Crippen molar-refractivity contribution in [1.29, 1.82) is 0 Å². The van der Waals surface area contributed by atoms with Crippen molar-refractivity contribution in [3.63, 3.8) is 0 Å². The van der Waals surface area contributed by atoms with Gasteiger partial charge in [-0.25, -0.2) is 0 Å². The molecule has 0 aromatic rings. The second kappa shape index (κ2) is 6.74. The van der Waals surface area contributed by atoms with Gasteiger partial charge in [0, 0.05) is 12.6 Å². The summed E-state index contributed by atoms with van der Waals surface area (Å²) >= 11 is 0. The van der Waals surface area contributed by atoms with Crippen molar-refractivity contribution >= 4 is 0 Å². The molecular weight excluding hydrogens is 126 g/mol. The van der Waals surface area contributed by atoms with Gasteiger partial charge < -0.3 is 17.2 Å². The third-order valence-corrected chi connectivity index (χ3v) is 1.26. The van der Waals surface area contributed by atoms with E-state index in [0.29, 0.717) is 13.1 Å². The fourth-order valence-corrected chi connectivity index (χ4v) is 0.703. The second-order valence-corrected chi connectivity index (χ2v) is 2.26. The van der Waals surface area contributed by atoms with Gasteiger partial charge in [-0.2, -0.15) is 0 Å². The lowest BCUT2D eigenvalue weighted by Gasteiger charge is -2.03. The smallest absolute Gasteiger partial charge is 0.0224 e. The van der Waals surface area contributed by atoms with Crippen molar-refractivity contribution in [2.24, 2.45) is 17.2 Å². The Morgan fingerprint density at radius 1 is 1.30 bits per heavy atom. The topological polar surface area (TPSA) is 78.1 Å². The molecule has 0 aliphatic carbocycles. The lowest BCUT2D eigenvalue weighted by molar-refractivity contribution is 0.673. The molecule has 0 heterocycles. The van der Waals surface area contributed by atoms with Crippen LogP contribution in [0.4, 0.5) is 0 Å². The fraction of sp³-hybridized carbons (Fsp3) is 0.714. The van der Waals surface area contributed by atoms with E-state index in [1.54, 1.807) is 0 Å². The van der Waals surface area contributed by atoms with E-state index in [1.807, 2.05) is 12.2 Å². The van der Waals surface area contributed by atoms with E-state index in [1.165, 1.54) is 0 Å². The van der Waals surface area contributed by atoms with E-state index in [0.717, 1.165) is 12.8 Å². The molecule has 0 saturated heterocycles. The molecule has 10 heavy (non-hydrogen) atoms. The third-order valence-electron chi connectivity index (χ3n) is 1.26. The second-order valence-electron chi connectivity index (χ2n) is 2.26. The van der Waals surface area contributed by atoms with Crippen molar-refractivity contribution in [3.05, 3.63) is 12.2 Å². The first-order valence-electron chi connectivity index (χ1n) is 3.63. The predicted molar refractivity (Wildman–Crippen MR) is 44.5 cm³/mol. The molecule has 0 fully saturated rings. The molecule has 0 saturated carbocycles. The van der Waals surface area contributed by atoms with Crippen LogP contribution in [0.3, 0.4) is 0 Å². The largest absolute Gasteiger partial charge is 0.330 e. The van der Waals surface area contributed by atoms with E-state index >= 15 is 0 Å². The van der Waals surface area contributed by atoms with Gasteiger partial charge in [0.2, 0.25) is 0 Å². The van der Waals surface area contributed by atoms with Crippen LogP contribution in [-0.4, -0.2) is 19.1 Å². The number of hydrogen-bond acceptors (Lipinski definition) is 3. The summed E-state index contributed by atoms with van der Waals surface area (Å²) in [6, 6.07) is 0.132. The summed E-state index contributed by atoms with van der Waals surface area (Å²) in [4.78, 5) is 0. The zero-order valence-corrected chi connectivity index (χ0v) is 6.29. The lowest BCUT2D eigenvalue weighted by Crippen LogP contribution is -2.18. The fourth-order valence-electron chi connectivity index (χ4n) is 0.703. The van der Waals surface area contributed by atoms with Crippen LogP contribution in [0.5, 0.6) is 0 Å². The Kier molecular flexibility index (Phi) is 6.48. The van der Waals surface area contributed by atoms with Gasteiger partial charge in [0.25, 0.3) is 0 Å². The Hall–Kier alpha value is -0.380. The molecule has 60 valence electrons. The summed E-state index contributed by atoms with van der Waals surface area (Å²) in [6.07, 6.45) is 5.74. The minimum atomic E-state index is 0.132. The summed E-state index contributed by atoms with van der Waals surface area (Å²) in [7, 11) is 0. The van der Waals surface area contributed by atoms with Crippen LogP contribution < -0.4 is 17.2 Å². The first-order valence-corrected chi connectivity index (χ1v) is 3.63. The van der Waals surface area contributed by atoms with Gasteiger partial charge >= 0.3 is 0 Å². The molecule has 3 nitrogen and oxygen atoms in total. The molecule has 0 amide bonds. The van der Waals surface area contributed by atoms with E-state index in [2.05, 4.69) is 0 Å². The Balaban J connectivity index is 3.24. The highest BCUT2D eigenvalue weighted by Gasteiger charge is 1.93. The molecule has 1 atom stereocenters. The molecule has 0 radical (unpaired) electrons. The minimum absolute atomic E-state index is 0.132. The van der Waals surface area contributed by atoms with Gasteiger partial charge in [0.05, 0.1) is 0 Å². The molecule has 6 N–H and O–H groups in total. The van der Waals surface area contributed by atoms with E-state index < -0.39 is 0 Å². The maximum Gasteiger partial charge on any atom is 0.0224 e. The maximum absolute atomic E-state index is 5.65. The average molecular weight is 143 g/mol. The summed E-state index contributed by atoms with van der Waals surface area (Å²) in [5.41, 5.74) is 16.2. The molecule has 0 rings (SSSR count). The van der Waals surface area contributed by atoms with Gasteiger partial charge in [-0.1, -0.05) is 12.2 Å². The Bertz CT molecular complexity index is 90.9. The first-order chi connectivity index (χ1) is 4.81. The SMILES string of the molecule is NCC=CC(N)CCCN. The van der Waals surface area contributed by atoms with Crippen LogP contribution in [-0.2, 0) is 0 Å². The van der Waals surface area contributed by atoms with Crippen LogP contribution in [0.2, 0.25) is 0 Å². The normalized spacial score (nSPS) is 14.3. The van der Waals surface area contributed by atoms with Crippen LogP contribution in [0.15, 0.2) is 12.2 Å². The van der Waals surface area contributed by atoms with Crippen molar-refractivity contribution in [3.8, 4) is 0 Å². The highest BCUT2D eigenvalue weighted by Crippen LogP contribution is 1.93. The summed E-state index contributed by atoms with van der Waals surface area (Å²) < 4.78 is 0. The van der Waals surface area contributed by atoms with Gasteiger partial charge in [0.15, 0.2) is 0 Å². The quantitative estimate of drug-likeness (QED) is 0.457. The number of rotatable bonds is 5. The molecule has 0 aliphatic rings. The lowest BCUT2D eigenvalue weighted by atomic mass is 10.1. The van der Waals surface area contributed by atoms with Crippen molar-refractivity contribution in [2.45, 2.75) is 18.9 Å². The van der Waals surface area contributed by atoms with E-state index in [9.17, 15) is 0 Å². The standard InChI is InChI=1S/C7H17N3/c8-5-1-3-7(10)4-2-6-9/h1,3,7H,2,4-6,8-10H2. The zero-order chi connectivity index (χ0) is 7.82. The monoisotopic (exact) mass is 143 g/mol. The molecule has 0 aliphatic heterocycles. The van der Waals surface area contributed by atoms with Gasteiger partial charge in [-0.3, -0.25) is 0 Å². The minimum Gasteiger partial charge on any atom is -0.330 e. The summed E-state index contributed by atoms with van der Waals surface area (Å²) in [5.74, 6) is 0. The molecule has 1 unspecified atom stereocenters. The van der Waals surface area contributed by atoms with Crippen molar-refractivity contribution in [1.82, 2.24) is 0 Å². The highest BCUT2D eigenvalue weighted by molar-refractivity contribution is 4.91. The summed E-state index contributed by atoms with van der Waals surface area (Å²) in [6.45, 7) is 1.28. The third kappa shape index (κ3) is 5.75. The van der Waals surface area contributed by atoms with E-state index in [4.69, 9.17) is 17.2 Å². The Labute approximate surface area is 62.3 Å². The van der Waals surface area contributed by atoms with Crippen LogP contribution in [0.25, 0.3) is 0 Å². The Morgan fingerprint density at radius 2 is 2.00 bits per heavy atom. The number of hydrogen-bond donors (Lipinski definition) is 3. The average Bonchev–Trinajstić information content (AvgIpc) is 1.97. The maximum atomic E-state index is 5.65. The van der Waals surface area contributed by atoms with Crippen LogP contribution in [0, 0.1) is 0 Å². The van der Waals surface area contributed by atoms with Gasteiger partial charge in [-0.15, -0.1) is 0 Å². The summed E-state index contributed by atoms with van der Waals surface area (Å²) in [5, 5.41) is 0. The Morgan fingerprint density at radius 3 is 2.50 bits per heavy atom. The predicted octanol–water partition coefficient (Wildman–Crippen LogP) is -0.432. The van der Waals surface area contributed by atoms with Crippen LogP contribution >= 0.6 is 0 Å². The number of nitrogens with two attached hydrogens (primary N) is 3. The molecule has 0 spiro atoms. The molecule has 0 aromatic heterocycles.